The molecule has 5 heterocycles. The summed E-state index contributed by atoms with van der Waals surface area (Å²) in [6, 6.07) is 7.40. The number of carbonyl (C=O) groups is 2. The van der Waals surface area contributed by atoms with E-state index in [9.17, 15) is 9.59 Å². The highest BCUT2D eigenvalue weighted by Gasteiger charge is 2.39. The molecule has 0 bridgehead atoms. The first-order valence-corrected chi connectivity index (χ1v) is 15.6. The van der Waals surface area contributed by atoms with Crippen molar-refractivity contribution in [1.29, 1.82) is 0 Å². The van der Waals surface area contributed by atoms with Gasteiger partial charge in [-0.2, -0.15) is 5.10 Å². The van der Waals surface area contributed by atoms with Crippen LogP contribution in [0.1, 0.15) is 66.2 Å². The average molecular weight is 619 g/mol. The molecular formula is C29H39ClN6O5S. The number of thiophene rings is 1. The fourth-order valence-electron chi connectivity index (χ4n) is 5.88. The van der Waals surface area contributed by atoms with Crippen LogP contribution in [0.25, 0.3) is 10.6 Å². The zero-order valence-electron chi connectivity index (χ0n) is 24.5. The summed E-state index contributed by atoms with van der Waals surface area (Å²) >= 11 is 7.49. The lowest BCUT2D eigenvalue weighted by Gasteiger charge is -2.34. The highest BCUT2D eigenvalue weighted by molar-refractivity contribution is 7.19. The summed E-state index contributed by atoms with van der Waals surface area (Å²) in [4.78, 5) is 32.6. The Kier molecular flexibility index (Phi) is 10.00. The van der Waals surface area contributed by atoms with E-state index in [2.05, 4.69) is 34.3 Å². The standard InChI is InChI=1S/C29H39ClN6O5S/c1-18(2)34-11-9-19(10-12-34)31-28(37)23-14-24(29(38)36-21(16-39-3)5-6-22(36)17-40-4)35(32-23)15-20-13-25(41-33-20)26-7-8-27(30)42-26/h7-8,13-14,18-19,21-22H,5-6,9-12,15-17H2,1-4H3,(H,31,37). The van der Waals surface area contributed by atoms with Gasteiger partial charge in [0.15, 0.2) is 11.5 Å². The highest BCUT2D eigenvalue weighted by Crippen LogP contribution is 2.32. The van der Waals surface area contributed by atoms with Crippen LogP contribution in [0.5, 0.6) is 0 Å². The molecule has 2 fully saturated rings. The zero-order valence-corrected chi connectivity index (χ0v) is 26.1. The van der Waals surface area contributed by atoms with Gasteiger partial charge in [0.05, 0.1) is 41.1 Å². The predicted molar refractivity (Wildman–Crippen MR) is 160 cm³/mol. The van der Waals surface area contributed by atoms with E-state index in [0.717, 1.165) is 43.6 Å². The summed E-state index contributed by atoms with van der Waals surface area (Å²) in [7, 11) is 3.27. The molecule has 2 amide bonds. The van der Waals surface area contributed by atoms with E-state index < -0.39 is 0 Å². The maximum Gasteiger partial charge on any atom is 0.272 e. The Morgan fingerprint density at radius 3 is 2.38 bits per heavy atom. The minimum Gasteiger partial charge on any atom is -0.383 e. The van der Waals surface area contributed by atoms with Crippen LogP contribution in [0.3, 0.4) is 0 Å². The molecule has 3 aromatic heterocycles. The third-order valence-corrected chi connectivity index (χ3v) is 9.33. The Morgan fingerprint density at radius 2 is 1.79 bits per heavy atom. The number of likely N-dealkylation sites (tertiary alicyclic amines) is 2. The van der Waals surface area contributed by atoms with Crippen LogP contribution in [0.2, 0.25) is 4.34 Å². The van der Waals surface area contributed by atoms with Crippen molar-refractivity contribution in [2.75, 3.05) is 40.5 Å². The van der Waals surface area contributed by atoms with Gasteiger partial charge in [-0.3, -0.25) is 14.3 Å². The molecule has 0 aromatic carbocycles. The molecule has 228 valence electrons. The lowest BCUT2D eigenvalue weighted by molar-refractivity contribution is 0.0410. The maximum atomic E-state index is 14.1. The van der Waals surface area contributed by atoms with Gasteiger partial charge in [-0.15, -0.1) is 11.3 Å². The predicted octanol–water partition coefficient (Wildman–Crippen LogP) is 4.17. The van der Waals surface area contributed by atoms with Crippen molar-refractivity contribution in [1.82, 2.24) is 30.1 Å². The van der Waals surface area contributed by atoms with Crippen LogP contribution < -0.4 is 5.32 Å². The van der Waals surface area contributed by atoms with Crippen molar-refractivity contribution < 1.29 is 23.6 Å². The number of hydrogen-bond acceptors (Lipinski definition) is 9. The van der Waals surface area contributed by atoms with Crippen LogP contribution >= 0.6 is 22.9 Å². The first-order valence-electron chi connectivity index (χ1n) is 14.4. The van der Waals surface area contributed by atoms with Crippen molar-refractivity contribution in [3.05, 3.63) is 45.7 Å². The molecule has 2 atom stereocenters. The van der Waals surface area contributed by atoms with E-state index in [1.54, 1.807) is 37.1 Å². The molecule has 0 aliphatic carbocycles. The van der Waals surface area contributed by atoms with E-state index in [1.807, 2.05) is 11.0 Å². The van der Waals surface area contributed by atoms with Gasteiger partial charge < -0.3 is 29.1 Å². The van der Waals surface area contributed by atoms with Gasteiger partial charge in [-0.25, -0.2) is 0 Å². The van der Waals surface area contributed by atoms with Gasteiger partial charge in [0, 0.05) is 51.5 Å². The fraction of sp³-hybridized carbons (Fsp3) is 0.586. The fourth-order valence-corrected chi connectivity index (χ4v) is 6.87. The summed E-state index contributed by atoms with van der Waals surface area (Å²) < 4.78 is 18.6. The monoisotopic (exact) mass is 618 g/mol. The minimum atomic E-state index is -0.289. The zero-order chi connectivity index (χ0) is 29.8. The molecule has 13 heteroatoms. The second kappa shape index (κ2) is 13.7. The molecular weight excluding hydrogens is 580 g/mol. The first-order chi connectivity index (χ1) is 20.3. The Morgan fingerprint density at radius 1 is 1.10 bits per heavy atom. The number of aromatic nitrogens is 3. The van der Waals surface area contributed by atoms with Gasteiger partial charge in [-0.1, -0.05) is 16.8 Å². The van der Waals surface area contributed by atoms with Gasteiger partial charge in [0.25, 0.3) is 11.8 Å². The molecule has 1 N–H and O–H groups in total. The van der Waals surface area contributed by atoms with E-state index in [1.165, 1.54) is 11.3 Å². The number of nitrogens with one attached hydrogen (secondary N) is 1. The molecule has 3 aromatic rings. The minimum absolute atomic E-state index is 0.0586. The van der Waals surface area contributed by atoms with Gasteiger partial charge in [-0.05, 0) is 51.7 Å². The van der Waals surface area contributed by atoms with Crippen molar-refractivity contribution >= 4 is 34.8 Å². The van der Waals surface area contributed by atoms with E-state index in [-0.39, 0.29) is 42.2 Å². The molecule has 2 unspecified atom stereocenters. The Balaban J connectivity index is 1.41. The van der Waals surface area contributed by atoms with Crippen molar-refractivity contribution in [3.63, 3.8) is 0 Å². The third-order valence-electron chi connectivity index (χ3n) is 8.09. The van der Waals surface area contributed by atoms with E-state index in [0.29, 0.717) is 40.7 Å². The summed E-state index contributed by atoms with van der Waals surface area (Å²) in [6.07, 6.45) is 3.35. The number of carbonyl (C=O) groups excluding carboxylic acids is 2. The van der Waals surface area contributed by atoms with Crippen molar-refractivity contribution in [3.8, 4) is 10.6 Å². The molecule has 2 saturated heterocycles. The van der Waals surface area contributed by atoms with Crippen LogP contribution in [-0.2, 0) is 16.0 Å². The topological polar surface area (TPSA) is 115 Å². The molecule has 0 saturated carbocycles. The Labute approximate surface area is 255 Å². The van der Waals surface area contributed by atoms with E-state index in [4.69, 9.17) is 25.6 Å². The van der Waals surface area contributed by atoms with Gasteiger partial charge in [0.2, 0.25) is 0 Å². The average Bonchev–Trinajstić information content (AvgIpc) is 3.77. The SMILES string of the molecule is COCC1CCC(COC)N1C(=O)c1cc(C(=O)NC2CCN(C(C)C)CC2)nn1Cc1cc(-c2ccc(Cl)s2)on1. The van der Waals surface area contributed by atoms with Crippen molar-refractivity contribution in [2.24, 2.45) is 0 Å². The quantitative estimate of drug-likeness (QED) is 0.341. The van der Waals surface area contributed by atoms with Gasteiger partial charge >= 0.3 is 0 Å². The van der Waals surface area contributed by atoms with Crippen LogP contribution in [-0.4, -0.2) is 101 Å². The highest BCUT2D eigenvalue weighted by atomic mass is 35.5. The molecule has 0 radical (unpaired) electrons. The van der Waals surface area contributed by atoms with Crippen LogP contribution in [0.4, 0.5) is 0 Å². The second-order valence-corrected chi connectivity index (χ2v) is 13.0. The summed E-state index contributed by atoms with van der Waals surface area (Å²) in [5.74, 6) is 0.0674. The number of methoxy groups -OCH3 is 2. The number of rotatable bonds is 11. The van der Waals surface area contributed by atoms with Crippen LogP contribution in [0.15, 0.2) is 28.8 Å². The second-order valence-electron chi connectivity index (χ2n) is 11.2. The number of ether oxygens (including phenoxy) is 2. The maximum absolute atomic E-state index is 14.1. The summed E-state index contributed by atoms with van der Waals surface area (Å²) in [5.41, 5.74) is 1.08. The van der Waals surface area contributed by atoms with E-state index >= 15 is 0 Å². The third kappa shape index (κ3) is 6.89. The smallest absolute Gasteiger partial charge is 0.272 e. The largest absolute Gasteiger partial charge is 0.383 e. The number of amides is 2. The Bertz CT molecular complexity index is 1350. The molecule has 2 aliphatic rings. The molecule has 5 rings (SSSR count). The molecule has 0 spiro atoms. The molecule has 42 heavy (non-hydrogen) atoms. The summed E-state index contributed by atoms with van der Waals surface area (Å²) in [5, 5.41) is 12.0. The van der Waals surface area contributed by atoms with Crippen LogP contribution in [0, 0.1) is 0 Å². The lowest BCUT2D eigenvalue weighted by atomic mass is 10.0. The molecule has 11 nitrogen and oxygen atoms in total. The number of piperidine rings is 1. The normalized spacial score (nSPS) is 20.1. The lowest BCUT2D eigenvalue weighted by Crippen LogP contribution is -2.46. The van der Waals surface area contributed by atoms with Crippen molar-refractivity contribution in [2.45, 2.75) is 70.2 Å². The number of nitrogens with zero attached hydrogens (tertiary/aromatic N) is 5. The first kappa shape index (κ1) is 30.7. The number of halogens is 1. The number of hydrogen-bond donors (Lipinski definition) is 1. The summed E-state index contributed by atoms with van der Waals surface area (Å²) in [6.45, 7) is 7.22. The Hall–Kier alpha value is -2.77. The molecule has 2 aliphatic heterocycles. The van der Waals surface area contributed by atoms with Gasteiger partial charge in [0.1, 0.15) is 11.4 Å².